The van der Waals surface area contributed by atoms with E-state index in [4.69, 9.17) is 16.3 Å². The molecule has 1 amide bonds. The topological polar surface area (TPSA) is 75.6 Å². The molecule has 2 aromatic rings. The van der Waals surface area contributed by atoms with Crippen molar-refractivity contribution in [3.05, 3.63) is 64.2 Å². The van der Waals surface area contributed by atoms with Crippen LogP contribution in [0.3, 0.4) is 0 Å². The van der Waals surface area contributed by atoms with Crippen molar-refractivity contribution in [3.8, 4) is 5.75 Å². The van der Waals surface area contributed by atoms with Crippen molar-refractivity contribution in [3.63, 3.8) is 0 Å². The van der Waals surface area contributed by atoms with Crippen molar-refractivity contribution in [2.45, 2.75) is 19.9 Å². The second-order valence-electron chi connectivity index (χ2n) is 5.44. The van der Waals surface area contributed by atoms with Crippen LogP contribution in [0, 0.1) is 6.92 Å². The molecule has 0 fully saturated rings. The molecule has 0 saturated heterocycles. The molecule has 0 aromatic heterocycles. The monoisotopic (exact) mass is 347 g/mol. The first-order valence-corrected chi connectivity index (χ1v) is 7.76. The lowest BCUT2D eigenvalue weighted by molar-refractivity contribution is -0.124. The number of ether oxygens (including phenoxy) is 1. The van der Waals surface area contributed by atoms with Gasteiger partial charge in [-0.3, -0.25) is 4.79 Å². The van der Waals surface area contributed by atoms with Gasteiger partial charge in [-0.2, -0.15) is 0 Å². The van der Waals surface area contributed by atoms with E-state index in [1.165, 1.54) is 12.1 Å². The van der Waals surface area contributed by atoms with Gasteiger partial charge in [-0.15, -0.1) is 0 Å². The van der Waals surface area contributed by atoms with Crippen LogP contribution in [0.15, 0.2) is 42.5 Å². The zero-order valence-corrected chi connectivity index (χ0v) is 14.1. The molecule has 5 nitrogen and oxygen atoms in total. The smallest absolute Gasteiger partial charge is 0.342 e. The van der Waals surface area contributed by atoms with Gasteiger partial charge in [0.05, 0.1) is 6.04 Å². The van der Waals surface area contributed by atoms with Crippen molar-refractivity contribution in [2.75, 3.05) is 6.61 Å². The highest BCUT2D eigenvalue weighted by molar-refractivity contribution is 6.30. The molecule has 0 heterocycles. The van der Waals surface area contributed by atoms with Gasteiger partial charge in [0.2, 0.25) is 0 Å². The van der Waals surface area contributed by atoms with Crippen LogP contribution in [0.5, 0.6) is 5.75 Å². The van der Waals surface area contributed by atoms with Gasteiger partial charge in [-0.25, -0.2) is 4.79 Å². The number of nitrogens with one attached hydrogen (secondary N) is 1. The van der Waals surface area contributed by atoms with Gasteiger partial charge in [0.15, 0.2) is 6.61 Å². The molecule has 0 aliphatic rings. The van der Waals surface area contributed by atoms with Crippen LogP contribution in [0.4, 0.5) is 0 Å². The predicted molar refractivity (Wildman–Crippen MR) is 91.1 cm³/mol. The number of rotatable bonds is 5. The number of aromatic hydroxyl groups is 1. The van der Waals surface area contributed by atoms with Crippen LogP contribution >= 0.6 is 11.6 Å². The van der Waals surface area contributed by atoms with Crippen molar-refractivity contribution in [1.82, 2.24) is 5.32 Å². The summed E-state index contributed by atoms with van der Waals surface area (Å²) >= 11 is 5.82. The lowest BCUT2D eigenvalue weighted by Crippen LogP contribution is -2.31. The molecule has 0 saturated carbocycles. The Labute approximate surface area is 145 Å². The van der Waals surface area contributed by atoms with E-state index >= 15 is 0 Å². The minimum atomic E-state index is -0.748. The minimum Gasteiger partial charge on any atom is -0.507 e. The van der Waals surface area contributed by atoms with Crippen LogP contribution in [-0.4, -0.2) is 23.6 Å². The maximum Gasteiger partial charge on any atom is 0.342 e. The van der Waals surface area contributed by atoms with Gasteiger partial charge in [0.1, 0.15) is 11.3 Å². The molecule has 0 unspecified atom stereocenters. The number of phenols is 1. The maximum absolute atomic E-state index is 11.9. The van der Waals surface area contributed by atoms with E-state index in [9.17, 15) is 14.7 Å². The number of carbonyl (C=O) groups excluding carboxylic acids is 2. The first kappa shape index (κ1) is 17.8. The summed E-state index contributed by atoms with van der Waals surface area (Å²) in [5.41, 5.74) is 1.73. The molecule has 2 rings (SSSR count). The fraction of sp³-hybridized carbons (Fsp3) is 0.222. The van der Waals surface area contributed by atoms with E-state index in [2.05, 4.69) is 5.32 Å². The van der Waals surface area contributed by atoms with Crippen molar-refractivity contribution in [1.29, 1.82) is 0 Å². The quantitative estimate of drug-likeness (QED) is 0.813. The number of amides is 1. The van der Waals surface area contributed by atoms with E-state index in [1.54, 1.807) is 25.1 Å². The number of benzene rings is 2. The van der Waals surface area contributed by atoms with Crippen molar-refractivity contribution in [2.24, 2.45) is 0 Å². The van der Waals surface area contributed by atoms with Gasteiger partial charge < -0.3 is 15.2 Å². The Morgan fingerprint density at radius 1 is 1.21 bits per heavy atom. The first-order valence-electron chi connectivity index (χ1n) is 7.38. The average Bonchev–Trinajstić information content (AvgIpc) is 2.53. The summed E-state index contributed by atoms with van der Waals surface area (Å²) in [6.45, 7) is 3.18. The normalized spacial score (nSPS) is 11.6. The molecule has 0 radical (unpaired) electrons. The van der Waals surface area contributed by atoms with Gasteiger partial charge in [0, 0.05) is 5.02 Å². The fourth-order valence-corrected chi connectivity index (χ4v) is 2.27. The summed E-state index contributed by atoms with van der Waals surface area (Å²) in [6, 6.07) is 11.4. The van der Waals surface area contributed by atoms with Gasteiger partial charge in [-0.05, 0) is 49.2 Å². The molecular weight excluding hydrogens is 330 g/mol. The Morgan fingerprint density at radius 2 is 1.88 bits per heavy atom. The molecule has 6 heteroatoms. The van der Waals surface area contributed by atoms with E-state index in [-0.39, 0.29) is 17.4 Å². The third kappa shape index (κ3) is 4.73. The summed E-state index contributed by atoms with van der Waals surface area (Å²) in [5, 5.41) is 13.1. The first-order chi connectivity index (χ1) is 11.4. The molecule has 0 bridgehead atoms. The van der Waals surface area contributed by atoms with Crippen LogP contribution in [0.2, 0.25) is 5.02 Å². The Hall–Kier alpha value is -2.53. The second-order valence-corrected chi connectivity index (χ2v) is 5.87. The minimum absolute atomic E-state index is 0.0270. The average molecular weight is 348 g/mol. The molecule has 2 aromatic carbocycles. The standard InChI is InChI=1S/C18H18ClNO4/c1-11-3-8-15(16(21)9-11)18(23)24-10-17(22)20-12(2)13-4-6-14(19)7-5-13/h3-9,12,21H,10H2,1-2H3,(H,20,22)/t12-/m1/s1. The number of phenolic OH excluding ortho intramolecular Hbond substituents is 1. The zero-order valence-electron chi connectivity index (χ0n) is 13.4. The highest BCUT2D eigenvalue weighted by atomic mass is 35.5. The lowest BCUT2D eigenvalue weighted by atomic mass is 10.1. The number of hydrogen-bond donors (Lipinski definition) is 2. The molecule has 0 aliphatic heterocycles. The Kier molecular flexibility index (Phi) is 5.82. The van der Waals surface area contributed by atoms with E-state index in [1.807, 2.05) is 19.1 Å². The summed E-state index contributed by atoms with van der Waals surface area (Å²) in [5.74, 6) is -1.35. The summed E-state index contributed by atoms with van der Waals surface area (Å²) in [4.78, 5) is 23.8. The third-order valence-electron chi connectivity index (χ3n) is 3.46. The number of carbonyl (C=O) groups is 2. The van der Waals surface area contributed by atoms with Crippen LogP contribution < -0.4 is 5.32 Å². The maximum atomic E-state index is 11.9. The zero-order chi connectivity index (χ0) is 17.7. The molecule has 0 aliphatic carbocycles. The lowest BCUT2D eigenvalue weighted by Gasteiger charge is -2.14. The van der Waals surface area contributed by atoms with Crippen LogP contribution in [0.1, 0.15) is 34.5 Å². The van der Waals surface area contributed by atoms with Gasteiger partial charge >= 0.3 is 5.97 Å². The number of halogens is 1. The molecule has 2 N–H and O–H groups in total. The number of esters is 1. The Bertz CT molecular complexity index is 743. The van der Waals surface area contributed by atoms with Crippen molar-refractivity contribution >= 4 is 23.5 Å². The summed E-state index contributed by atoms with van der Waals surface area (Å²) in [6.07, 6.45) is 0. The summed E-state index contributed by atoms with van der Waals surface area (Å²) in [7, 11) is 0. The molecular formula is C18H18ClNO4. The van der Waals surface area contributed by atoms with Gasteiger partial charge in [-0.1, -0.05) is 29.8 Å². The molecule has 0 spiro atoms. The van der Waals surface area contributed by atoms with Gasteiger partial charge in [0.25, 0.3) is 5.91 Å². The molecule has 24 heavy (non-hydrogen) atoms. The third-order valence-corrected chi connectivity index (χ3v) is 3.71. The van der Waals surface area contributed by atoms with Crippen LogP contribution in [-0.2, 0) is 9.53 Å². The van der Waals surface area contributed by atoms with E-state index < -0.39 is 18.5 Å². The fourth-order valence-electron chi connectivity index (χ4n) is 2.14. The largest absolute Gasteiger partial charge is 0.507 e. The summed E-state index contributed by atoms with van der Waals surface area (Å²) < 4.78 is 4.93. The van der Waals surface area contributed by atoms with E-state index in [0.29, 0.717) is 5.02 Å². The SMILES string of the molecule is Cc1ccc(C(=O)OCC(=O)N[C@H](C)c2ccc(Cl)cc2)c(O)c1. The number of aryl methyl sites for hydroxylation is 1. The second kappa shape index (κ2) is 7.84. The van der Waals surface area contributed by atoms with E-state index in [0.717, 1.165) is 11.1 Å². The highest BCUT2D eigenvalue weighted by Crippen LogP contribution is 2.19. The molecule has 1 atom stereocenters. The predicted octanol–water partition coefficient (Wildman–Crippen LogP) is 3.39. The van der Waals surface area contributed by atoms with Crippen LogP contribution in [0.25, 0.3) is 0 Å². The Morgan fingerprint density at radius 3 is 2.50 bits per heavy atom. The molecule has 126 valence electrons. The highest BCUT2D eigenvalue weighted by Gasteiger charge is 2.15. The number of hydrogen-bond acceptors (Lipinski definition) is 4. The van der Waals surface area contributed by atoms with Crippen molar-refractivity contribution < 1.29 is 19.4 Å². The Balaban J connectivity index is 1.88.